The molecule has 116 valence electrons. The molecule has 0 saturated carbocycles. The molecule has 5 heteroatoms. The maximum absolute atomic E-state index is 6.30. The molecule has 4 rings (SSSR count). The molecule has 3 heterocycles. The molecule has 2 aliphatic rings. The Morgan fingerprint density at radius 3 is 2.77 bits per heavy atom. The minimum Gasteiger partial charge on any atom is -0.486 e. The zero-order chi connectivity index (χ0) is 14.9. The standard InChI is InChI=1S/C17H20N2O2S/c18-13-8-12(17-2-1-7-22-17)10-19(11-13)14-3-4-15-16(9-14)21-6-5-20-15/h1-4,7,9,12-13H,5-6,8,10-11,18H2. The van der Waals surface area contributed by atoms with Gasteiger partial charge in [-0.3, -0.25) is 0 Å². The van der Waals surface area contributed by atoms with Gasteiger partial charge in [-0.2, -0.15) is 0 Å². The Balaban J connectivity index is 1.58. The normalized spacial score (nSPS) is 24.3. The quantitative estimate of drug-likeness (QED) is 0.925. The first-order chi connectivity index (χ1) is 10.8. The van der Waals surface area contributed by atoms with Crippen LogP contribution in [0.3, 0.4) is 0 Å². The number of nitrogens with two attached hydrogens (primary N) is 1. The first-order valence-corrected chi connectivity index (χ1v) is 8.61. The first-order valence-electron chi connectivity index (χ1n) is 7.73. The summed E-state index contributed by atoms with van der Waals surface area (Å²) in [4.78, 5) is 3.80. The van der Waals surface area contributed by atoms with Gasteiger partial charge in [0.05, 0.1) is 0 Å². The largest absolute Gasteiger partial charge is 0.486 e. The Morgan fingerprint density at radius 2 is 1.95 bits per heavy atom. The van der Waals surface area contributed by atoms with Crippen molar-refractivity contribution in [3.63, 3.8) is 0 Å². The monoisotopic (exact) mass is 316 g/mol. The van der Waals surface area contributed by atoms with Crippen LogP contribution in [-0.4, -0.2) is 32.3 Å². The van der Waals surface area contributed by atoms with E-state index in [1.54, 1.807) is 0 Å². The highest BCUT2D eigenvalue weighted by atomic mass is 32.1. The van der Waals surface area contributed by atoms with Crippen molar-refractivity contribution in [2.24, 2.45) is 5.73 Å². The van der Waals surface area contributed by atoms with Crippen LogP contribution >= 0.6 is 11.3 Å². The van der Waals surface area contributed by atoms with Crippen LogP contribution in [0, 0.1) is 0 Å². The van der Waals surface area contributed by atoms with Crippen LogP contribution in [0.15, 0.2) is 35.7 Å². The Labute approximate surface area is 134 Å². The number of thiophene rings is 1. The van der Waals surface area contributed by atoms with Gasteiger partial charge in [-0.1, -0.05) is 6.07 Å². The second-order valence-corrected chi connectivity index (χ2v) is 6.92. The number of ether oxygens (including phenoxy) is 2. The molecule has 0 aliphatic carbocycles. The number of nitrogens with zero attached hydrogens (tertiary/aromatic N) is 1. The zero-order valence-corrected chi connectivity index (χ0v) is 13.2. The number of piperidine rings is 1. The lowest BCUT2D eigenvalue weighted by molar-refractivity contribution is 0.171. The summed E-state index contributed by atoms with van der Waals surface area (Å²) in [6.07, 6.45) is 1.06. The van der Waals surface area contributed by atoms with Gasteiger partial charge in [0.1, 0.15) is 13.2 Å². The van der Waals surface area contributed by atoms with E-state index in [1.807, 2.05) is 17.4 Å². The van der Waals surface area contributed by atoms with Gasteiger partial charge in [0.25, 0.3) is 0 Å². The highest BCUT2D eigenvalue weighted by Crippen LogP contribution is 2.37. The molecule has 22 heavy (non-hydrogen) atoms. The molecule has 2 aliphatic heterocycles. The molecule has 4 nitrogen and oxygen atoms in total. The van der Waals surface area contributed by atoms with E-state index in [1.165, 1.54) is 10.6 Å². The van der Waals surface area contributed by atoms with E-state index < -0.39 is 0 Å². The van der Waals surface area contributed by atoms with Crippen molar-refractivity contribution in [3.8, 4) is 11.5 Å². The Kier molecular flexibility index (Phi) is 3.68. The third-order valence-corrected chi connectivity index (χ3v) is 5.35. The minimum absolute atomic E-state index is 0.203. The van der Waals surface area contributed by atoms with Crippen LogP contribution in [-0.2, 0) is 0 Å². The SMILES string of the molecule is NC1CC(c2cccs2)CN(c2ccc3c(c2)OCCO3)C1. The number of anilines is 1. The fourth-order valence-electron chi connectivity index (χ4n) is 3.31. The lowest BCUT2D eigenvalue weighted by atomic mass is 9.93. The number of benzene rings is 1. The highest BCUT2D eigenvalue weighted by molar-refractivity contribution is 7.10. The molecule has 1 saturated heterocycles. The van der Waals surface area contributed by atoms with Crippen molar-refractivity contribution in [1.29, 1.82) is 0 Å². The van der Waals surface area contributed by atoms with Gasteiger partial charge in [-0.15, -0.1) is 11.3 Å². The van der Waals surface area contributed by atoms with Crippen LogP contribution in [0.2, 0.25) is 0 Å². The zero-order valence-electron chi connectivity index (χ0n) is 12.4. The van der Waals surface area contributed by atoms with Crippen LogP contribution in [0.4, 0.5) is 5.69 Å². The molecule has 2 atom stereocenters. The van der Waals surface area contributed by atoms with Gasteiger partial charge in [0.15, 0.2) is 11.5 Å². The van der Waals surface area contributed by atoms with E-state index in [-0.39, 0.29) is 6.04 Å². The summed E-state index contributed by atoms with van der Waals surface area (Å²) in [5.41, 5.74) is 7.47. The van der Waals surface area contributed by atoms with E-state index >= 15 is 0 Å². The average molecular weight is 316 g/mol. The van der Waals surface area contributed by atoms with E-state index in [9.17, 15) is 0 Å². The minimum atomic E-state index is 0.203. The summed E-state index contributed by atoms with van der Waals surface area (Å²) in [6.45, 7) is 3.14. The molecule has 0 radical (unpaired) electrons. The fourth-order valence-corrected chi connectivity index (χ4v) is 4.14. The number of fused-ring (bicyclic) bond motifs is 1. The fraction of sp³-hybridized carbons (Fsp3) is 0.412. The van der Waals surface area contributed by atoms with Crippen LogP contribution in [0.5, 0.6) is 11.5 Å². The van der Waals surface area contributed by atoms with Crippen molar-refractivity contribution >= 4 is 17.0 Å². The highest BCUT2D eigenvalue weighted by Gasteiger charge is 2.27. The molecule has 2 unspecified atom stereocenters. The lowest BCUT2D eigenvalue weighted by Crippen LogP contribution is -2.46. The Hall–Kier alpha value is -1.72. The summed E-state index contributed by atoms with van der Waals surface area (Å²) < 4.78 is 11.3. The van der Waals surface area contributed by atoms with Crippen LogP contribution in [0.25, 0.3) is 0 Å². The molecule has 1 aromatic heterocycles. The molecule has 1 aromatic carbocycles. The smallest absolute Gasteiger partial charge is 0.163 e. The van der Waals surface area contributed by atoms with E-state index in [4.69, 9.17) is 15.2 Å². The Morgan fingerprint density at radius 1 is 1.09 bits per heavy atom. The summed E-state index contributed by atoms with van der Waals surface area (Å²) in [5, 5.41) is 2.14. The summed E-state index contributed by atoms with van der Waals surface area (Å²) in [7, 11) is 0. The second-order valence-electron chi connectivity index (χ2n) is 5.94. The summed E-state index contributed by atoms with van der Waals surface area (Å²) in [6, 6.07) is 10.7. The van der Waals surface area contributed by atoms with Crippen LogP contribution < -0.4 is 20.1 Å². The molecular formula is C17H20N2O2S. The van der Waals surface area contributed by atoms with Gasteiger partial charge in [0, 0.05) is 41.7 Å². The third kappa shape index (κ3) is 2.66. The molecule has 1 fully saturated rings. The van der Waals surface area contributed by atoms with E-state index in [2.05, 4.69) is 34.5 Å². The van der Waals surface area contributed by atoms with E-state index in [0.29, 0.717) is 19.1 Å². The number of hydrogen-bond acceptors (Lipinski definition) is 5. The van der Waals surface area contributed by atoms with Crippen molar-refractivity contribution in [2.75, 3.05) is 31.2 Å². The van der Waals surface area contributed by atoms with Crippen molar-refractivity contribution in [1.82, 2.24) is 0 Å². The third-order valence-electron chi connectivity index (χ3n) is 4.32. The first kappa shape index (κ1) is 13.9. The van der Waals surface area contributed by atoms with Gasteiger partial charge >= 0.3 is 0 Å². The second kappa shape index (κ2) is 5.82. The maximum Gasteiger partial charge on any atom is 0.163 e. The molecule has 0 amide bonds. The topological polar surface area (TPSA) is 47.7 Å². The molecule has 0 spiro atoms. The molecule has 2 N–H and O–H groups in total. The average Bonchev–Trinajstić information content (AvgIpc) is 3.08. The molecule has 0 bridgehead atoms. The summed E-state index contributed by atoms with van der Waals surface area (Å²) >= 11 is 1.82. The van der Waals surface area contributed by atoms with Crippen LogP contribution in [0.1, 0.15) is 17.2 Å². The number of rotatable bonds is 2. The van der Waals surface area contributed by atoms with Gasteiger partial charge in [-0.05, 0) is 30.0 Å². The van der Waals surface area contributed by atoms with Crippen molar-refractivity contribution in [2.45, 2.75) is 18.4 Å². The predicted molar refractivity (Wildman–Crippen MR) is 89.3 cm³/mol. The van der Waals surface area contributed by atoms with Gasteiger partial charge in [0.2, 0.25) is 0 Å². The number of hydrogen-bond donors (Lipinski definition) is 1. The van der Waals surface area contributed by atoms with E-state index in [0.717, 1.165) is 31.0 Å². The maximum atomic E-state index is 6.30. The lowest BCUT2D eigenvalue weighted by Gasteiger charge is -2.38. The van der Waals surface area contributed by atoms with Gasteiger partial charge < -0.3 is 20.1 Å². The Bertz CT molecular complexity index is 644. The molecule has 2 aromatic rings. The molecular weight excluding hydrogens is 296 g/mol. The van der Waals surface area contributed by atoms with Gasteiger partial charge in [-0.25, -0.2) is 0 Å². The summed E-state index contributed by atoms with van der Waals surface area (Å²) in [5.74, 6) is 2.19. The van der Waals surface area contributed by atoms with Crippen molar-refractivity contribution in [3.05, 3.63) is 40.6 Å². The van der Waals surface area contributed by atoms with Crippen molar-refractivity contribution < 1.29 is 9.47 Å². The predicted octanol–water partition coefficient (Wildman–Crippen LogP) is 2.84.